The van der Waals surface area contributed by atoms with Crippen molar-refractivity contribution in [1.82, 2.24) is 5.32 Å². The summed E-state index contributed by atoms with van der Waals surface area (Å²) in [6.45, 7) is 4.10. The number of benzene rings is 3. The lowest BCUT2D eigenvalue weighted by Crippen LogP contribution is -2.50. The minimum absolute atomic E-state index is 0.241. The summed E-state index contributed by atoms with van der Waals surface area (Å²) < 4.78 is 32.1. The number of aryl methyl sites for hydroxylation is 1. The maximum Gasteiger partial charge on any atom is 0.244 e. The Kier molecular flexibility index (Phi) is 7.64. The normalized spacial score (nSPS) is 12.4. The van der Waals surface area contributed by atoms with E-state index in [1.807, 2.05) is 49.4 Å². The van der Waals surface area contributed by atoms with Crippen LogP contribution in [0.5, 0.6) is 5.75 Å². The lowest BCUT2D eigenvalue weighted by atomic mass is 10.1. The van der Waals surface area contributed by atoms with Crippen LogP contribution in [0.3, 0.4) is 0 Å². The Balaban J connectivity index is 1.69. The molecule has 0 saturated carbocycles. The molecule has 6 nitrogen and oxygen atoms in total. The van der Waals surface area contributed by atoms with Crippen LogP contribution >= 0.6 is 11.6 Å². The second-order valence-corrected chi connectivity index (χ2v) is 9.80. The molecule has 0 bridgehead atoms. The average molecular weight is 475 g/mol. The van der Waals surface area contributed by atoms with Crippen molar-refractivity contribution in [2.45, 2.75) is 26.3 Å². The molecule has 170 valence electrons. The van der Waals surface area contributed by atoms with E-state index in [0.29, 0.717) is 17.1 Å². The molecule has 0 aliphatic heterocycles. The summed E-state index contributed by atoms with van der Waals surface area (Å²) in [4.78, 5) is 12.9. The Bertz CT molecular complexity index is 1210. The number of halogens is 1. The van der Waals surface area contributed by atoms with E-state index in [1.165, 1.54) is 0 Å². The van der Waals surface area contributed by atoms with Crippen LogP contribution in [0.1, 0.15) is 18.9 Å². The largest absolute Gasteiger partial charge is 0.491 e. The molecule has 0 unspecified atom stereocenters. The molecule has 0 saturated heterocycles. The number of carbonyl (C=O) groups excluding carboxylic acids is 1. The van der Waals surface area contributed by atoms with Gasteiger partial charge in [-0.3, -0.25) is 9.10 Å². The van der Waals surface area contributed by atoms with Crippen LogP contribution in [0.15, 0.2) is 60.7 Å². The SMILES string of the molecule is CC[C@H](C(=O)NCCOc1cccc2ccccc12)N(c1ccc(C)c(Cl)c1)S(C)(=O)=O. The summed E-state index contributed by atoms with van der Waals surface area (Å²) in [6.07, 6.45) is 1.38. The highest BCUT2D eigenvalue weighted by atomic mass is 35.5. The Labute approximate surface area is 194 Å². The minimum atomic E-state index is -3.72. The van der Waals surface area contributed by atoms with E-state index in [0.717, 1.165) is 32.6 Å². The van der Waals surface area contributed by atoms with Crippen LogP contribution in [0.4, 0.5) is 5.69 Å². The molecule has 3 aromatic carbocycles. The zero-order valence-electron chi connectivity index (χ0n) is 18.3. The highest BCUT2D eigenvalue weighted by molar-refractivity contribution is 7.92. The van der Waals surface area contributed by atoms with Crippen molar-refractivity contribution >= 4 is 44.0 Å². The number of carbonyl (C=O) groups is 1. The first-order valence-electron chi connectivity index (χ1n) is 10.4. The highest BCUT2D eigenvalue weighted by Gasteiger charge is 2.31. The van der Waals surface area contributed by atoms with Crippen molar-refractivity contribution in [2.24, 2.45) is 0 Å². The van der Waals surface area contributed by atoms with E-state index < -0.39 is 22.0 Å². The number of fused-ring (bicyclic) bond motifs is 1. The average Bonchev–Trinajstić information content (AvgIpc) is 2.76. The lowest BCUT2D eigenvalue weighted by molar-refractivity contribution is -0.122. The number of nitrogens with zero attached hydrogens (tertiary/aromatic N) is 1. The second kappa shape index (κ2) is 10.2. The minimum Gasteiger partial charge on any atom is -0.491 e. The number of hydrogen-bond donors (Lipinski definition) is 1. The van der Waals surface area contributed by atoms with Gasteiger partial charge >= 0.3 is 0 Å². The van der Waals surface area contributed by atoms with Gasteiger partial charge in [0.25, 0.3) is 0 Å². The first-order valence-corrected chi connectivity index (χ1v) is 12.6. The fourth-order valence-corrected chi connectivity index (χ4v) is 4.93. The predicted octanol–water partition coefficient (Wildman–Crippen LogP) is 4.54. The van der Waals surface area contributed by atoms with Gasteiger partial charge in [-0.25, -0.2) is 8.42 Å². The first kappa shape index (κ1) is 23.9. The van der Waals surface area contributed by atoms with Crippen molar-refractivity contribution in [3.05, 3.63) is 71.2 Å². The van der Waals surface area contributed by atoms with Gasteiger partial charge in [-0.2, -0.15) is 0 Å². The van der Waals surface area contributed by atoms with Crippen molar-refractivity contribution in [2.75, 3.05) is 23.7 Å². The number of rotatable bonds is 9. The third-order valence-electron chi connectivity index (χ3n) is 5.15. The molecule has 0 aromatic heterocycles. The lowest BCUT2D eigenvalue weighted by Gasteiger charge is -2.30. The molecule has 0 heterocycles. The number of amides is 1. The third kappa shape index (κ3) is 5.53. The number of ether oxygens (including phenoxy) is 1. The van der Waals surface area contributed by atoms with Gasteiger partial charge in [0.1, 0.15) is 18.4 Å². The van der Waals surface area contributed by atoms with Crippen LogP contribution in [0.25, 0.3) is 10.8 Å². The monoisotopic (exact) mass is 474 g/mol. The summed E-state index contributed by atoms with van der Waals surface area (Å²) in [5.41, 5.74) is 1.18. The molecule has 0 spiro atoms. The zero-order valence-corrected chi connectivity index (χ0v) is 19.9. The molecule has 1 N–H and O–H groups in total. The molecule has 3 aromatic rings. The number of sulfonamides is 1. The van der Waals surface area contributed by atoms with E-state index in [4.69, 9.17) is 16.3 Å². The summed E-state index contributed by atoms with van der Waals surface area (Å²) in [6, 6.07) is 17.8. The summed E-state index contributed by atoms with van der Waals surface area (Å²) in [5.74, 6) is 0.340. The van der Waals surface area contributed by atoms with E-state index in [9.17, 15) is 13.2 Å². The van der Waals surface area contributed by atoms with Gasteiger partial charge in [0, 0.05) is 10.4 Å². The van der Waals surface area contributed by atoms with Crippen LogP contribution in [0.2, 0.25) is 5.02 Å². The molecule has 32 heavy (non-hydrogen) atoms. The van der Waals surface area contributed by atoms with Gasteiger partial charge in [-0.1, -0.05) is 61.0 Å². The Morgan fingerprint density at radius 2 is 1.84 bits per heavy atom. The number of nitrogens with one attached hydrogen (secondary N) is 1. The Hall–Kier alpha value is -2.77. The standard InChI is InChI=1S/C24H27ClN2O4S/c1-4-22(27(32(3,29)30)19-13-12-17(2)21(25)16-19)24(28)26-14-15-31-23-11-7-9-18-8-5-6-10-20(18)23/h5-13,16,22H,4,14-15H2,1-3H3,(H,26,28)/t22-/m1/s1. The van der Waals surface area contributed by atoms with Gasteiger partial charge in [0.2, 0.25) is 15.9 Å². The van der Waals surface area contributed by atoms with Crippen molar-refractivity contribution in [3.63, 3.8) is 0 Å². The summed E-state index contributed by atoms with van der Waals surface area (Å²) in [7, 11) is -3.72. The van der Waals surface area contributed by atoms with E-state index >= 15 is 0 Å². The zero-order chi connectivity index (χ0) is 23.3. The maximum atomic E-state index is 12.9. The smallest absolute Gasteiger partial charge is 0.244 e. The molecule has 0 aliphatic carbocycles. The molecule has 8 heteroatoms. The van der Waals surface area contributed by atoms with Crippen LogP contribution in [-0.2, 0) is 14.8 Å². The summed E-state index contributed by atoms with van der Waals surface area (Å²) >= 11 is 6.20. The van der Waals surface area contributed by atoms with Crippen LogP contribution < -0.4 is 14.4 Å². The van der Waals surface area contributed by atoms with Crippen molar-refractivity contribution in [1.29, 1.82) is 0 Å². The number of hydrogen-bond acceptors (Lipinski definition) is 4. The van der Waals surface area contributed by atoms with E-state index in [1.54, 1.807) is 25.1 Å². The molecule has 1 amide bonds. The summed E-state index contributed by atoms with van der Waals surface area (Å²) in [5, 5.41) is 5.30. The van der Waals surface area contributed by atoms with Gasteiger partial charge in [0.05, 0.1) is 18.5 Å². The highest BCUT2D eigenvalue weighted by Crippen LogP contribution is 2.28. The molecule has 1 atom stereocenters. The second-order valence-electron chi connectivity index (χ2n) is 7.53. The molecule has 0 radical (unpaired) electrons. The van der Waals surface area contributed by atoms with Gasteiger partial charge < -0.3 is 10.1 Å². The number of anilines is 1. The van der Waals surface area contributed by atoms with Gasteiger partial charge in [-0.05, 0) is 42.5 Å². The van der Waals surface area contributed by atoms with E-state index in [-0.39, 0.29) is 13.2 Å². The third-order valence-corrected chi connectivity index (χ3v) is 6.74. The van der Waals surface area contributed by atoms with Crippen molar-refractivity contribution < 1.29 is 17.9 Å². The van der Waals surface area contributed by atoms with Crippen LogP contribution in [-0.4, -0.2) is 39.8 Å². The Morgan fingerprint density at radius 3 is 2.53 bits per heavy atom. The van der Waals surface area contributed by atoms with Crippen molar-refractivity contribution in [3.8, 4) is 5.75 Å². The van der Waals surface area contributed by atoms with Crippen LogP contribution in [0, 0.1) is 6.92 Å². The topological polar surface area (TPSA) is 75.7 Å². The quantitative estimate of drug-likeness (QED) is 0.462. The fraction of sp³-hybridized carbons (Fsp3) is 0.292. The molecular weight excluding hydrogens is 448 g/mol. The Morgan fingerprint density at radius 1 is 1.12 bits per heavy atom. The molecule has 3 rings (SSSR count). The molecule has 0 aliphatic rings. The van der Waals surface area contributed by atoms with Gasteiger partial charge in [-0.15, -0.1) is 0 Å². The fourth-order valence-electron chi connectivity index (χ4n) is 3.55. The first-order chi connectivity index (χ1) is 15.2. The van der Waals surface area contributed by atoms with E-state index in [2.05, 4.69) is 5.32 Å². The maximum absolute atomic E-state index is 12.9. The van der Waals surface area contributed by atoms with Gasteiger partial charge in [0.15, 0.2) is 0 Å². The molecular formula is C24H27ClN2O4S. The molecule has 0 fully saturated rings. The predicted molar refractivity (Wildman–Crippen MR) is 130 cm³/mol.